The number of carbonyl (C=O) groups is 3. The molecule has 6 heteroatoms. The van der Waals surface area contributed by atoms with Gasteiger partial charge in [0, 0.05) is 25.1 Å². The van der Waals surface area contributed by atoms with E-state index in [1.807, 2.05) is 18.2 Å². The SMILES string of the molecule is CC(=O)NCCc1ccc(C(=O)COC(=O)/C=C/c2ccc(C#N)cc2)cc1. The summed E-state index contributed by atoms with van der Waals surface area (Å²) < 4.78 is 4.97. The summed E-state index contributed by atoms with van der Waals surface area (Å²) in [5.41, 5.74) is 2.73. The van der Waals surface area contributed by atoms with Crippen LogP contribution in [0.5, 0.6) is 0 Å². The number of esters is 1. The first-order chi connectivity index (χ1) is 13.5. The largest absolute Gasteiger partial charge is 0.454 e. The number of hydrogen-bond acceptors (Lipinski definition) is 5. The third kappa shape index (κ3) is 6.89. The number of Topliss-reactive ketones (excluding diaryl/α,β-unsaturated/α-hetero) is 1. The van der Waals surface area contributed by atoms with E-state index < -0.39 is 5.97 Å². The predicted molar refractivity (Wildman–Crippen MR) is 104 cm³/mol. The molecule has 0 aromatic heterocycles. The molecule has 0 saturated heterocycles. The van der Waals surface area contributed by atoms with Crippen LogP contribution in [0.2, 0.25) is 0 Å². The molecule has 1 amide bonds. The number of benzene rings is 2. The Morgan fingerprint density at radius 1 is 1.07 bits per heavy atom. The molecular weight excluding hydrogens is 356 g/mol. The minimum absolute atomic E-state index is 0.0816. The first kappa shape index (κ1) is 20.6. The molecule has 28 heavy (non-hydrogen) atoms. The van der Waals surface area contributed by atoms with Crippen molar-refractivity contribution in [3.05, 3.63) is 76.9 Å². The first-order valence-corrected chi connectivity index (χ1v) is 8.69. The second-order valence-corrected chi connectivity index (χ2v) is 6.03. The summed E-state index contributed by atoms with van der Waals surface area (Å²) >= 11 is 0. The molecule has 6 nitrogen and oxygen atoms in total. The molecule has 1 N–H and O–H groups in total. The van der Waals surface area contributed by atoms with Crippen LogP contribution < -0.4 is 5.32 Å². The highest BCUT2D eigenvalue weighted by Gasteiger charge is 2.08. The third-order valence-electron chi connectivity index (χ3n) is 3.86. The van der Waals surface area contributed by atoms with Crippen molar-refractivity contribution in [1.29, 1.82) is 5.26 Å². The van der Waals surface area contributed by atoms with Gasteiger partial charge in [-0.15, -0.1) is 0 Å². The Hall–Kier alpha value is -3.72. The number of nitrogens with zero attached hydrogens (tertiary/aromatic N) is 1. The molecule has 0 saturated carbocycles. The Morgan fingerprint density at radius 3 is 2.36 bits per heavy atom. The fourth-order valence-electron chi connectivity index (χ4n) is 2.34. The summed E-state index contributed by atoms with van der Waals surface area (Å²) in [6.45, 7) is 1.65. The van der Waals surface area contributed by atoms with Gasteiger partial charge in [-0.1, -0.05) is 36.4 Å². The van der Waals surface area contributed by atoms with Gasteiger partial charge in [0.15, 0.2) is 12.4 Å². The maximum absolute atomic E-state index is 12.1. The Morgan fingerprint density at radius 2 is 1.75 bits per heavy atom. The molecule has 0 heterocycles. The second kappa shape index (κ2) is 10.4. The molecule has 2 aromatic rings. The number of amides is 1. The highest BCUT2D eigenvalue weighted by atomic mass is 16.5. The van der Waals surface area contributed by atoms with E-state index in [9.17, 15) is 14.4 Å². The zero-order valence-corrected chi connectivity index (χ0v) is 15.5. The van der Waals surface area contributed by atoms with Crippen molar-refractivity contribution < 1.29 is 19.1 Å². The predicted octanol–water partition coefficient (Wildman–Crippen LogP) is 2.68. The molecule has 0 spiro atoms. The van der Waals surface area contributed by atoms with Gasteiger partial charge in [0.25, 0.3) is 0 Å². The normalized spacial score (nSPS) is 10.3. The molecule has 0 radical (unpaired) electrons. The standard InChI is InChI=1S/C22H20N2O4/c1-16(25)24-13-12-18-6-9-20(10-7-18)21(26)15-28-22(27)11-8-17-2-4-19(14-23)5-3-17/h2-11H,12-13,15H2,1H3,(H,24,25)/b11-8+. The number of carbonyl (C=O) groups excluding carboxylic acids is 3. The topological polar surface area (TPSA) is 96.3 Å². The molecule has 0 aliphatic carbocycles. The zero-order valence-electron chi connectivity index (χ0n) is 15.5. The molecule has 2 rings (SSSR count). The van der Waals surface area contributed by atoms with Crippen LogP contribution in [0, 0.1) is 11.3 Å². The lowest BCUT2D eigenvalue weighted by Gasteiger charge is -2.05. The van der Waals surface area contributed by atoms with Crippen molar-refractivity contribution >= 4 is 23.7 Å². The van der Waals surface area contributed by atoms with Gasteiger partial charge in [0.05, 0.1) is 11.6 Å². The van der Waals surface area contributed by atoms with Crippen LogP contribution in [0.15, 0.2) is 54.6 Å². The summed E-state index contributed by atoms with van der Waals surface area (Å²) in [6.07, 6.45) is 3.46. The van der Waals surface area contributed by atoms with Crippen LogP contribution in [0.4, 0.5) is 0 Å². The van der Waals surface area contributed by atoms with E-state index >= 15 is 0 Å². The van der Waals surface area contributed by atoms with Gasteiger partial charge in [0.2, 0.25) is 5.91 Å². The molecule has 142 valence electrons. The molecule has 2 aromatic carbocycles. The molecule has 0 unspecified atom stereocenters. The highest BCUT2D eigenvalue weighted by Crippen LogP contribution is 2.07. The van der Waals surface area contributed by atoms with E-state index in [0.717, 1.165) is 11.1 Å². The van der Waals surface area contributed by atoms with Gasteiger partial charge >= 0.3 is 5.97 Å². The van der Waals surface area contributed by atoms with Gasteiger partial charge in [-0.05, 0) is 35.8 Å². The van der Waals surface area contributed by atoms with Crippen LogP contribution in [0.1, 0.15) is 34.0 Å². The maximum atomic E-state index is 12.1. The average molecular weight is 376 g/mol. The fourth-order valence-corrected chi connectivity index (χ4v) is 2.34. The first-order valence-electron chi connectivity index (χ1n) is 8.69. The Labute approximate surface area is 163 Å². The second-order valence-electron chi connectivity index (χ2n) is 6.03. The summed E-state index contributed by atoms with van der Waals surface area (Å²) in [4.78, 5) is 34.7. The molecule has 0 aliphatic rings. The maximum Gasteiger partial charge on any atom is 0.331 e. The smallest absolute Gasteiger partial charge is 0.331 e. The van der Waals surface area contributed by atoms with Crippen LogP contribution in [0.3, 0.4) is 0 Å². The molecule has 0 fully saturated rings. The highest BCUT2D eigenvalue weighted by molar-refractivity contribution is 5.98. The lowest BCUT2D eigenvalue weighted by Crippen LogP contribution is -2.22. The van der Waals surface area contributed by atoms with Gasteiger partial charge in [-0.2, -0.15) is 5.26 Å². The Kier molecular flexibility index (Phi) is 7.67. The van der Waals surface area contributed by atoms with Crippen molar-refractivity contribution in [2.75, 3.05) is 13.2 Å². The average Bonchev–Trinajstić information content (AvgIpc) is 2.71. The fraction of sp³-hybridized carbons (Fsp3) is 0.182. The van der Waals surface area contributed by atoms with E-state index in [1.54, 1.807) is 42.5 Å². The van der Waals surface area contributed by atoms with Gasteiger partial charge in [0.1, 0.15) is 0 Å². The molecule has 0 aliphatic heterocycles. The van der Waals surface area contributed by atoms with E-state index in [1.165, 1.54) is 13.0 Å². The Bertz CT molecular complexity index is 907. The number of nitriles is 1. The number of ketones is 1. The molecule has 0 atom stereocenters. The molecular formula is C22H20N2O4. The lowest BCUT2D eigenvalue weighted by molar-refractivity contribution is -0.136. The van der Waals surface area contributed by atoms with Crippen LogP contribution in [-0.2, 0) is 20.7 Å². The lowest BCUT2D eigenvalue weighted by atomic mass is 10.1. The molecule has 0 bridgehead atoms. The van der Waals surface area contributed by atoms with Crippen LogP contribution in [0.25, 0.3) is 6.08 Å². The van der Waals surface area contributed by atoms with Crippen molar-refractivity contribution in [2.45, 2.75) is 13.3 Å². The minimum Gasteiger partial charge on any atom is -0.454 e. The quantitative estimate of drug-likeness (QED) is 0.434. The van der Waals surface area contributed by atoms with E-state index in [-0.39, 0.29) is 18.3 Å². The Balaban J connectivity index is 1.80. The van der Waals surface area contributed by atoms with Crippen molar-refractivity contribution in [2.24, 2.45) is 0 Å². The summed E-state index contributed by atoms with van der Waals surface area (Å²) in [7, 11) is 0. The van der Waals surface area contributed by atoms with E-state index in [4.69, 9.17) is 10.00 Å². The van der Waals surface area contributed by atoms with E-state index in [0.29, 0.717) is 24.1 Å². The number of ether oxygens (including phenoxy) is 1. The van der Waals surface area contributed by atoms with Crippen LogP contribution >= 0.6 is 0 Å². The number of rotatable bonds is 8. The van der Waals surface area contributed by atoms with Gasteiger partial charge in [-0.25, -0.2) is 4.79 Å². The third-order valence-corrected chi connectivity index (χ3v) is 3.86. The minimum atomic E-state index is -0.621. The van der Waals surface area contributed by atoms with Crippen LogP contribution in [-0.4, -0.2) is 30.8 Å². The van der Waals surface area contributed by atoms with Gasteiger partial charge < -0.3 is 10.1 Å². The van der Waals surface area contributed by atoms with E-state index in [2.05, 4.69) is 5.32 Å². The summed E-state index contributed by atoms with van der Waals surface area (Å²) in [5.74, 6) is -1.000. The number of hydrogen-bond donors (Lipinski definition) is 1. The van der Waals surface area contributed by atoms with Crippen molar-refractivity contribution in [3.63, 3.8) is 0 Å². The van der Waals surface area contributed by atoms with Crippen molar-refractivity contribution in [1.82, 2.24) is 5.32 Å². The zero-order chi connectivity index (χ0) is 20.4. The van der Waals surface area contributed by atoms with Crippen molar-refractivity contribution in [3.8, 4) is 6.07 Å². The number of nitrogens with one attached hydrogen (secondary N) is 1. The summed E-state index contributed by atoms with van der Waals surface area (Å²) in [6, 6.07) is 15.7. The summed E-state index contributed by atoms with van der Waals surface area (Å²) in [5, 5.41) is 11.5. The monoisotopic (exact) mass is 376 g/mol. The van der Waals surface area contributed by atoms with Gasteiger partial charge in [-0.3, -0.25) is 9.59 Å².